The van der Waals surface area contributed by atoms with Crippen LogP contribution < -0.4 is 0 Å². The molecule has 0 aromatic heterocycles. The molecule has 0 saturated carbocycles. The Morgan fingerprint density at radius 1 is 1.00 bits per heavy atom. The van der Waals surface area contributed by atoms with Gasteiger partial charge in [0.05, 0.1) is 0 Å². The predicted octanol–water partition coefficient (Wildman–Crippen LogP) is 5.03. The van der Waals surface area contributed by atoms with Crippen LogP contribution in [0.25, 0.3) is 0 Å². The van der Waals surface area contributed by atoms with E-state index in [4.69, 9.17) is 8.85 Å². The van der Waals surface area contributed by atoms with Crippen LogP contribution >= 0.6 is 0 Å². The van der Waals surface area contributed by atoms with Gasteiger partial charge in [-0.25, -0.2) is 0 Å². The van der Waals surface area contributed by atoms with Gasteiger partial charge in [0.2, 0.25) is 0 Å². The lowest BCUT2D eigenvalue weighted by Crippen LogP contribution is -2.45. The van der Waals surface area contributed by atoms with E-state index in [0.717, 1.165) is 51.0 Å². The van der Waals surface area contributed by atoms with Crippen LogP contribution in [0.2, 0.25) is 6.04 Å². The molecule has 0 heterocycles. The van der Waals surface area contributed by atoms with Crippen LogP contribution in [0, 0.1) is 0 Å². The fourth-order valence-electron chi connectivity index (χ4n) is 2.27. The topological polar surface area (TPSA) is 18.5 Å². The van der Waals surface area contributed by atoms with Gasteiger partial charge < -0.3 is 8.85 Å². The van der Waals surface area contributed by atoms with Gasteiger partial charge in [-0.1, -0.05) is 63.1 Å². The Morgan fingerprint density at radius 3 is 2.05 bits per heavy atom. The summed E-state index contributed by atoms with van der Waals surface area (Å²) in [6.07, 6.45) is 6.46. The number of unbranched alkanes of at least 4 members (excludes halogenated alkanes) is 2. The van der Waals surface area contributed by atoms with Crippen LogP contribution in [0.5, 0.6) is 0 Å². The van der Waals surface area contributed by atoms with Crippen LogP contribution in [0.1, 0.15) is 45.1 Å². The van der Waals surface area contributed by atoms with Crippen LogP contribution in [-0.4, -0.2) is 21.8 Å². The van der Waals surface area contributed by atoms with Gasteiger partial charge in [0.25, 0.3) is 0 Å². The molecule has 0 aliphatic heterocycles. The van der Waals surface area contributed by atoms with E-state index in [2.05, 4.69) is 50.8 Å². The maximum Gasteiger partial charge on any atom is 0.346 e. The summed E-state index contributed by atoms with van der Waals surface area (Å²) in [7, 11) is -2.23. The number of benzene rings is 1. The van der Waals surface area contributed by atoms with Crippen molar-refractivity contribution in [2.45, 2.75) is 51.6 Å². The van der Waals surface area contributed by atoms with Crippen LogP contribution in [0.15, 0.2) is 43.0 Å². The van der Waals surface area contributed by atoms with Crippen molar-refractivity contribution >= 4 is 8.56 Å². The van der Waals surface area contributed by atoms with Gasteiger partial charge in [-0.15, -0.1) is 6.58 Å². The van der Waals surface area contributed by atoms with Gasteiger partial charge in [-0.3, -0.25) is 0 Å². The molecular formula is C18H30O2Si. The minimum Gasteiger partial charge on any atom is -0.394 e. The maximum atomic E-state index is 6.31. The largest absolute Gasteiger partial charge is 0.394 e. The molecule has 0 amide bonds. The van der Waals surface area contributed by atoms with E-state index in [0.29, 0.717) is 0 Å². The molecule has 1 rings (SSSR count). The Morgan fingerprint density at radius 2 is 1.57 bits per heavy atom. The maximum absolute atomic E-state index is 6.31. The smallest absolute Gasteiger partial charge is 0.346 e. The molecule has 118 valence electrons. The first-order valence-corrected chi connectivity index (χ1v) is 10.4. The number of hydrogen-bond acceptors (Lipinski definition) is 2. The van der Waals surface area contributed by atoms with Crippen molar-refractivity contribution in [2.75, 3.05) is 13.2 Å². The molecule has 21 heavy (non-hydrogen) atoms. The molecule has 1 aromatic rings. The van der Waals surface area contributed by atoms with Gasteiger partial charge in [-0.05, 0) is 18.4 Å². The summed E-state index contributed by atoms with van der Waals surface area (Å²) < 4.78 is 12.6. The average Bonchev–Trinajstić information content (AvgIpc) is 2.49. The van der Waals surface area contributed by atoms with E-state index in [1.165, 1.54) is 5.56 Å². The van der Waals surface area contributed by atoms with Gasteiger partial charge in [0, 0.05) is 25.3 Å². The minimum absolute atomic E-state index is 0.801. The molecule has 0 aliphatic carbocycles. The fourth-order valence-corrected chi connectivity index (χ4v) is 5.26. The molecular weight excluding hydrogens is 276 g/mol. The molecule has 0 unspecified atom stereocenters. The normalized spacial score (nSPS) is 11.5. The Kier molecular flexibility index (Phi) is 9.31. The molecule has 0 saturated heterocycles. The van der Waals surface area contributed by atoms with Gasteiger partial charge in [0.15, 0.2) is 0 Å². The van der Waals surface area contributed by atoms with Gasteiger partial charge >= 0.3 is 8.56 Å². The average molecular weight is 307 g/mol. The third kappa shape index (κ3) is 7.07. The highest BCUT2D eigenvalue weighted by Gasteiger charge is 2.36. The molecule has 2 nitrogen and oxygen atoms in total. The van der Waals surface area contributed by atoms with Crippen LogP contribution in [-0.2, 0) is 14.9 Å². The second-order valence-electron chi connectivity index (χ2n) is 5.47. The fraction of sp³-hybridized carbons (Fsp3) is 0.556. The first-order chi connectivity index (χ1) is 10.3. The van der Waals surface area contributed by atoms with Crippen LogP contribution in [0.4, 0.5) is 0 Å². The van der Waals surface area contributed by atoms with E-state index in [-0.39, 0.29) is 0 Å². The van der Waals surface area contributed by atoms with E-state index < -0.39 is 8.56 Å². The molecule has 0 spiro atoms. The van der Waals surface area contributed by atoms with Crippen molar-refractivity contribution in [3.8, 4) is 0 Å². The molecule has 0 N–H and O–H groups in total. The third-order valence-electron chi connectivity index (χ3n) is 3.50. The lowest BCUT2D eigenvalue weighted by atomic mass is 10.2. The van der Waals surface area contributed by atoms with Crippen molar-refractivity contribution in [3.05, 3.63) is 48.6 Å². The predicted molar refractivity (Wildman–Crippen MR) is 92.6 cm³/mol. The highest BCUT2D eigenvalue weighted by Crippen LogP contribution is 2.21. The second kappa shape index (κ2) is 10.8. The van der Waals surface area contributed by atoms with Gasteiger partial charge in [-0.2, -0.15) is 0 Å². The quantitative estimate of drug-likeness (QED) is 0.306. The minimum atomic E-state index is -2.23. The van der Waals surface area contributed by atoms with E-state index in [1.807, 2.05) is 6.08 Å². The lowest BCUT2D eigenvalue weighted by molar-refractivity contribution is 0.164. The molecule has 0 fully saturated rings. The number of rotatable bonds is 12. The number of hydrogen-bond donors (Lipinski definition) is 0. The van der Waals surface area contributed by atoms with Crippen molar-refractivity contribution in [3.63, 3.8) is 0 Å². The zero-order valence-electron chi connectivity index (χ0n) is 13.6. The Labute approximate surface area is 131 Å². The lowest BCUT2D eigenvalue weighted by Gasteiger charge is -2.30. The van der Waals surface area contributed by atoms with Crippen molar-refractivity contribution in [1.29, 1.82) is 0 Å². The molecule has 0 aliphatic rings. The summed E-state index contributed by atoms with van der Waals surface area (Å²) in [6.45, 7) is 9.90. The highest BCUT2D eigenvalue weighted by molar-refractivity contribution is 6.67. The van der Waals surface area contributed by atoms with Crippen molar-refractivity contribution in [2.24, 2.45) is 0 Å². The summed E-state index contributed by atoms with van der Waals surface area (Å²) in [4.78, 5) is 0. The molecule has 1 aromatic carbocycles. The molecule has 0 radical (unpaired) electrons. The Hall–Kier alpha value is -0.903. The third-order valence-corrected chi connectivity index (χ3v) is 6.82. The van der Waals surface area contributed by atoms with E-state index in [9.17, 15) is 0 Å². The van der Waals surface area contributed by atoms with E-state index >= 15 is 0 Å². The molecule has 0 bridgehead atoms. The Bertz CT molecular complexity index is 368. The molecule has 3 heteroatoms. The van der Waals surface area contributed by atoms with E-state index in [1.54, 1.807) is 0 Å². The standard InChI is InChI=1S/C18H30O2Si/c1-4-7-14-19-21(16-6-3,20-15-8-5-2)17-18-12-10-9-11-13-18/h6,9-13H,3-5,7-8,14-17H2,1-2H3. The van der Waals surface area contributed by atoms with Gasteiger partial charge in [0.1, 0.15) is 0 Å². The Balaban J connectivity index is 2.78. The zero-order valence-corrected chi connectivity index (χ0v) is 14.6. The van der Waals surface area contributed by atoms with Crippen molar-refractivity contribution in [1.82, 2.24) is 0 Å². The number of allylic oxidation sites excluding steroid dienone is 1. The monoisotopic (exact) mass is 306 g/mol. The first-order valence-electron chi connectivity index (χ1n) is 8.19. The second-order valence-corrected chi connectivity index (χ2v) is 8.63. The first kappa shape index (κ1) is 18.1. The summed E-state index contributed by atoms with van der Waals surface area (Å²) in [5.41, 5.74) is 1.30. The highest BCUT2D eigenvalue weighted by atomic mass is 28.4. The SMILES string of the molecule is C=CC[Si](Cc1ccccc1)(OCCCC)OCCCC. The summed E-state index contributed by atoms with van der Waals surface area (Å²) in [5, 5.41) is 0. The summed E-state index contributed by atoms with van der Waals surface area (Å²) in [5.74, 6) is 0. The molecule has 0 atom stereocenters. The zero-order chi connectivity index (χ0) is 15.4. The van der Waals surface area contributed by atoms with Crippen molar-refractivity contribution < 1.29 is 8.85 Å². The van der Waals surface area contributed by atoms with Crippen LogP contribution in [0.3, 0.4) is 0 Å². The summed E-state index contributed by atoms with van der Waals surface area (Å²) in [6, 6.07) is 12.3. The summed E-state index contributed by atoms with van der Waals surface area (Å²) >= 11 is 0.